The van der Waals surface area contributed by atoms with Crippen LogP contribution in [0.2, 0.25) is 0 Å². The molecule has 0 aliphatic heterocycles. The van der Waals surface area contributed by atoms with E-state index in [4.69, 9.17) is 0 Å². The van der Waals surface area contributed by atoms with E-state index in [9.17, 15) is 0 Å². The fourth-order valence-corrected chi connectivity index (χ4v) is 2.16. The lowest BCUT2D eigenvalue weighted by Crippen LogP contribution is -1.69. The van der Waals surface area contributed by atoms with E-state index in [1.807, 2.05) is 0 Å². The summed E-state index contributed by atoms with van der Waals surface area (Å²) in [6, 6.07) is 0. The van der Waals surface area contributed by atoms with Crippen LogP contribution >= 0.6 is 15.9 Å². The third-order valence-corrected chi connectivity index (χ3v) is 3.66. The Morgan fingerprint density at radius 3 is 1.22 bits per heavy atom. The summed E-state index contributed by atoms with van der Waals surface area (Å²) >= 11 is 3.44. The standard InChI is InChI=1S/C22H33Br/c1-2-3-4-5-6-7-8-9-10-11-12-13-14-15-16-17-18-19-20-21-22-23/h3-4,6-7,9-10,12-13,15-16,18-19H,2,5,8,11,14,17,20-22H2,1H3. The molecule has 0 amide bonds. The van der Waals surface area contributed by atoms with E-state index in [-0.39, 0.29) is 0 Å². The lowest BCUT2D eigenvalue weighted by molar-refractivity contribution is 0.974. The van der Waals surface area contributed by atoms with Crippen molar-refractivity contribution in [3.8, 4) is 0 Å². The van der Waals surface area contributed by atoms with Gasteiger partial charge >= 0.3 is 0 Å². The monoisotopic (exact) mass is 376 g/mol. The van der Waals surface area contributed by atoms with Crippen LogP contribution in [0.5, 0.6) is 0 Å². The van der Waals surface area contributed by atoms with Crippen molar-refractivity contribution < 1.29 is 0 Å². The maximum atomic E-state index is 3.44. The molecule has 0 rings (SSSR count). The molecule has 0 nitrogen and oxygen atoms in total. The van der Waals surface area contributed by atoms with Crippen LogP contribution in [-0.2, 0) is 0 Å². The first-order chi connectivity index (χ1) is 11.4. The molecule has 0 bridgehead atoms. The van der Waals surface area contributed by atoms with Crippen molar-refractivity contribution in [2.45, 2.75) is 58.3 Å². The molecule has 0 fully saturated rings. The van der Waals surface area contributed by atoms with Gasteiger partial charge in [-0.3, -0.25) is 0 Å². The molecule has 0 saturated heterocycles. The molecule has 0 aliphatic rings. The zero-order chi connectivity index (χ0) is 16.8. The molecular formula is C22H33Br. The van der Waals surface area contributed by atoms with Crippen molar-refractivity contribution in [2.75, 3.05) is 5.33 Å². The molecule has 0 spiro atoms. The largest absolute Gasteiger partial charge is 0.0928 e. The van der Waals surface area contributed by atoms with E-state index >= 15 is 0 Å². The highest BCUT2D eigenvalue weighted by molar-refractivity contribution is 9.09. The number of halogens is 1. The molecule has 0 unspecified atom stereocenters. The summed E-state index contributed by atoms with van der Waals surface area (Å²) in [6.07, 6.45) is 35.6. The predicted octanol–water partition coefficient (Wildman–Crippen LogP) is 7.86. The van der Waals surface area contributed by atoms with Gasteiger partial charge in [-0.2, -0.15) is 0 Å². The van der Waals surface area contributed by atoms with Crippen LogP contribution in [0.15, 0.2) is 72.9 Å². The van der Waals surface area contributed by atoms with Crippen molar-refractivity contribution in [2.24, 2.45) is 0 Å². The van der Waals surface area contributed by atoms with E-state index in [0.29, 0.717) is 0 Å². The molecular weight excluding hydrogens is 344 g/mol. The first kappa shape index (κ1) is 21.9. The summed E-state index contributed by atoms with van der Waals surface area (Å²) in [4.78, 5) is 0. The number of alkyl halides is 1. The average molecular weight is 377 g/mol. The second-order valence-electron chi connectivity index (χ2n) is 5.25. The molecule has 0 aliphatic carbocycles. The Morgan fingerprint density at radius 2 is 0.870 bits per heavy atom. The van der Waals surface area contributed by atoms with E-state index in [1.165, 1.54) is 12.8 Å². The van der Waals surface area contributed by atoms with E-state index < -0.39 is 0 Å². The molecule has 0 heterocycles. The van der Waals surface area contributed by atoms with E-state index in [0.717, 1.165) is 43.9 Å². The Labute approximate surface area is 152 Å². The summed E-state index contributed by atoms with van der Waals surface area (Å²) in [5, 5.41) is 1.10. The summed E-state index contributed by atoms with van der Waals surface area (Å²) in [5.74, 6) is 0. The van der Waals surface area contributed by atoms with E-state index in [1.54, 1.807) is 0 Å². The van der Waals surface area contributed by atoms with Gasteiger partial charge in [0.25, 0.3) is 0 Å². The fraction of sp³-hybridized carbons (Fsp3) is 0.455. The van der Waals surface area contributed by atoms with Crippen LogP contribution in [0.1, 0.15) is 58.3 Å². The van der Waals surface area contributed by atoms with Crippen molar-refractivity contribution in [1.29, 1.82) is 0 Å². The Kier molecular flexibility index (Phi) is 19.9. The number of hydrogen-bond acceptors (Lipinski definition) is 0. The van der Waals surface area contributed by atoms with Crippen LogP contribution in [0.4, 0.5) is 0 Å². The van der Waals surface area contributed by atoms with Crippen LogP contribution in [-0.4, -0.2) is 5.33 Å². The van der Waals surface area contributed by atoms with Gasteiger partial charge in [0.1, 0.15) is 0 Å². The minimum atomic E-state index is 1.03. The lowest BCUT2D eigenvalue weighted by atomic mass is 10.2. The Bertz CT molecular complexity index is 394. The molecule has 23 heavy (non-hydrogen) atoms. The van der Waals surface area contributed by atoms with Gasteiger partial charge in [-0.25, -0.2) is 0 Å². The number of allylic oxidation sites excluding steroid dienone is 12. The first-order valence-corrected chi connectivity index (χ1v) is 9.99. The topological polar surface area (TPSA) is 0 Å². The third-order valence-electron chi connectivity index (χ3n) is 3.10. The highest BCUT2D eigenvalue weighted by atomic mass is 79.9. The molecule has 0 aromatic heterocycles. The van der Waals surface area contributed by atoms with Gasteiger partial charge in [0.05, 0.1) is 0 Å². The number of unbranched alkanes of at least 4 members (excludes halogenated alkanes) is 1. The van der Waals surface area contributed by atoms with Crippen molar-refractivity contribution in [3.05, 3.63) is 72.9 Å². The molecule has 0 atom stereocenters. The van der Waals surface area contributed by atoms with Crippen molar-refractivity contribution in [1.82, 2.24) is 0 Å². The van der Waals surface area contributed by atoms with Gasteiger partial charge in [-0.05, 0) is 51.4 Å². The summed E-state index contributed by atoms with van der Waals surface area (Å²) in [7, 11) is 0. The van der Waals surface area contributed by atoms with Crippen LogP contribution in [0.3, 0.4) is 0 Å². The first-order valence-electron chi connectivity index (χ1n) is 8.87. The second-order valence-corrected chi connectivity index (χ2v) is 6.04. The highest BCUT2D eigenvalue weighted by Gasteiger charge is 1.78. The average Bonchev–Trinajstić information content (AvgIpc) is 2.57. The molecule has 0 aromatic carbocycles. The summed E-state index contributed by atoms with van der Waals surface area (Å²) in [6.45, 7) is 2.16. The normalized spacial score (nSPS) is 13.3. The maximum absolute atomic E-state index is 3.44. The zero-order valence-corrected chi connectivity index (χ0v) is 16.3. The third kappa shape index (κ3) is 20.9. The van der Waals surface area contributed by atoms with Gasteiger partial charge in [-0.15, -0.1) is 0 Å². The van der Waals surface area contributed by atoms with E-state index in [2.05, 4.69) is 95.8 Å². The SMILES string of the molecule is CCC=CCC=CCC=CCC=CCC=CCC=CCCCBr. The molecule has 0 N–H and O–H groups in total. The summed E-state index contributed by atoms with van der Waals surface area (Å²) < 4.78 is 0. The molecule has 1 heteroatoms. The predicted molar refractivity (Wildman–Crippen MR) is 111 cm³/mol. The Balaban J connectivity index is 3.47. The fourth-order valence-electron chi connectivity index (χ4n) is 1.83. The minimum Gasteiger partial charge on any atom is -0.0928 e. The van der Waals surface area contributed by atoms with Gasteiger partial charge in [-0.1, -0.05) is 95.8 Å². The van der Waals surface area contributed by atoms with Crippen molar-refractivity contribution in [3.63, 3.8) is 0 Å². The molecule has 0 saturated carbocycles. The maximum Gasteiger partial charge on any atom is 0.00342 e. The quantitative estimate of drug-likeness (QED) is 0.164. The minimum absolute atomic E-state index is 1.03. The molecule has 128 valence electrons. The zero-order valence-electron chi connectivity index (χ0n) is 14.7. The summed E-state index contributed by atoms with van der Waals surface area (Å²) in [5.41, 5.74) is 0. The van der Waals surface area contributed by atoms with Gasteiger partial charge in [0.2, 0.25) is 0 Å². The smallest absolute Gasteiger partial charge is 0.00342 e. The number of hydrogen-bond donors (Lipinski definition) is 0. The lowest BCUT2D eigenvalue weighted by Gasteiger charge is -1.87. The van der Waals surface area contributed by atoms with Gasteiger partial charge in [0, 0.05) is 5.33 Å². The van der Waals surface area contributed by atoms with Crippen LogP contribution in [0.25, 0.3) is 0 Å². The van der Waals surface area contributed by atoms with Crippen LogP contribution in [0, 0.1) is 0 Å². The Morgan fingerprint density at radius 1 is 0.522 bits per heavy atom. The van der Waals surface area contributed by atoms with Crippen LogP contribution < -0.4 is 0 Å². The van der Waals surface area contributed by atoms with Gasteiger partial charge < -0.3 is 0 Å². The number of rotatable bonds is 14. The van der Waals surface area contributed by atoms with Crippen molar-refractivity contribution >= 4 is 15.9 Å². The molecule has 0 radical (unpaired) electrons. The highest BCUT2D eigenvalue weighted by Crippen LogP contribution is 1.98. The second kappa shape index (κ2) is 20.9. The Hall–Kier alpha value is -1.08. The van der Waals surface area contributed by atoms with Gasteiger partial charge in [0.15, 0.2) is 0 Å². The molecule has 0 aromatic rings.